The number of hydrogen-bond donors (Lipinski definition) is 1. The Balaban J connectivity index is 1.69. The van der Waals surface area contributed by atoms with Crippen LogP contribution in [0.15, 0.2) is 28.9 Å². The first-order chi connectivity index (χ1) is 10.4. The van der Waals surface area contributed by atoms with Gasteiger partial charge < -0.3 is 9.52 Å². The zero-order valence-electron chi connectivity index (χ0n) is 13.3. The fraction of sp³-hybridized carbons (Fsp3) is 0.562. The van der Waals surface area contributed by atoms with Crippen molar-refractivity contribution in [2.24, 2.45) is 5.41 Å². The Labute approximate surface area is 130 Å². The molecule has 118 valence electrons. The average Bonchev–Trinajstić information content (AvgIpc) is 2.93. The normalized spacial score (nSPS) is 25.3. The van der Waals surface area contributed by atoms with E-state index in [0.29, 0.717) is 18.3 Å². The lowest BCUT2D eigenvalue weighted by molar-refractivity contribution is -0.108. The van der Waals surface area contributed by atoms with Gasteiger partial charge in [-0.2, -0.15) is 0 Å². The molecule has 0 saturated carbocycles. The topological polar surface area (TPSA) is 75.3 Å². The molecule has 1 N–H and O–H groups in total. The van der Waals surface area contributed by atoms with E-state index in [1.807, 2.05) is 19.1 Å². The first-order valence-electron chi connectivity index (χ1n) is 7.55. The number of rotatable bonds is 3. The van der Waals surface area contributed by atoms with Gasteiger partial charge in [0.1, 0.15) is 0 Å². The maximum absolute atomic E-state index is 10.5. The van der Waals surface area contributed by atoms with Crippen LogP contribution in [0.4, 0.5) is 0 Å². The van der Waals surface area contributed by atoms with Crippen molar-refractivity contribution in [1.29, 1.82) is 0 Å². The number of aromatic nitrogens is 3. The zero-order chi connectivity index (χ0) is 15.8. The molecule has 22 heavy (non-hydrogen) atoms. The molecule has 0 amide bonds. The second-order valence-corrected chi connectivity index (χ2v) is 6.86. The summed E-state index contributed by atoms with van der Waals surface area (Å²) in [5, 5.41) is 18.7. The number of piperidine rings is 1. The molecule has 0 unspecified atom stereocenters. The molecule has 6 heteroatoms. The van der Waals surface area contributed by atoms with Gasteiger partial charge in [0.2, 0.25) is 11.8 Å². The number of aliphatic hydroxyl groups is 1. The third-order valence-electron chi connectivity index (χ3n) is 4.73. The molecule has 1 fully saturated rings. The highest BCUT2D eigenvalue weighted by molar-refractivity contribution is 5.49. The molecule has 2 aromatic heterocycles. The standard InChI is InChI=1S/C16H22N4O2/c1-15(2)11-20(8-6-16(15,3)21)10-13-18-19-14(22-13)12-5-4-7-17-9-12/h4-5,7,9,21H,6,8,10-11H2,1-3H3/t16-/m1/s1. The molecule has 6 nitrogen and oxygen atoms in total. The largest absolute Gasteiger partial charge is 0.419 e. The van der Waals surface area contributed by atoms with Gasteiger partial charge in [-0.3, -0.25) is 9.88 Å². The van der Waals surface area contributed by atoms with Crippen LogP contribution in [0.5, 0.6) is 0 Å². The average molecular weight is 302 g/mol. The van der Waals surface area contributed by atoms with Crippen molar-refractivity contribution in [2.75, 3.05) is 13.1 Å². The predicted molar refractivity (Wildman–Crippen MR) is 81.8 cm³/mol. The highest BCUT2D eigenvalue weighted by Gasteiger charge is 2.44. The Morgan fingerprint density at radius 1 is 1.32 bits per heavy atom. The molecule has 3 rings (SSSR count). The third-order valence-corrected chi connectivity index (χ3v) is 4.73. The minimum absolute atomic E-state index is 0.169. The van der Waals surface area contributed by atoms with Crippen LogP contribution in [0.1, 0.15) is 33.1 Å². The van der Waals surface area contributed by atoms with E-state index >= 15 is 0 Å². The van der Waals surface area contributed by atoms with Gasteiger partial charge in [-0.1, -0.05) is 13.8 Å². The molecule has 1 saturated heterocycles. The predicted octanol–water partition coefficient (Wildman–Crippen LogP) is 2.11. The molecular weight excluding hydrogens is 280 g/mol. The zero-order valence-corrected chi connectivity index (χ0v) is 13.3. The lowest BCUT2D eigenvalue weighted by Crippen LogP contribution is -2.55. The highest BCUT2D eigenvalue weighted by atomic mass is 16.4. The smallest absolute Gasteiger partial charge is 0.249 e. The highest BCUT2D eigenvalue weighted by Crippen LogP contribution is 2.38. The molecule has 1 aliphatic heterocycles. The molecule has 0 aromatic carbocycles. The molecule has 0 radical (unpaired) electrons. The maximum atomic E-state index is 10.5. The van der Waals surface area contributed by atoms with E-state index in [1.54, 1.807) is 12.4 Å². The van der Waals surface area contributed by atoms with Crippen LogP contribution >= 0.6 is 0 Å². The van der Waals surface area contributed by atoms with E-state index < -0.39 is 5.60 Å². The van der Waals surface area contributed by atoms with E-state index in [-0.39, 0.29) is 5.41 Å². The molecule has 1 aliphatic rings. The Bertz CT molecular complexity index is 637. The monoisotopic (exact) mass is 302 g/mol. The summed E-state index contributed by atoms with van der Waals surface area (Å²) in [6, 6.07) is 3.74. The first-order valence-corrected chi connectivity index (χ1v) is 7.55. The van der Waals surface area contributed by atoms with E-state index in [4.69, 9.17) is 4.42 Å². The SMILES string of the molecule is CC1(C)CN(Cc2nnc(-c3cccnc3)o2)CC[C@@]1(C)O. The molecule has 3 heterocycles. The van der Waals surface area contributed by atoms with Crippen LogP contribution in [-0.2, 0) is 6.54 Å². The van der Waals surface area contributed by atoms with Gasteiger partial charge in [0.25, 0.3) is 0 Å². The summed E-state index contributed by atoms with van der Waals surface area (Å²) in [4.78, 5) is 6.30. The lowest BCUT2D eigenvalue weighted by atomic mass is 9.71. The number of pyridine rings is 1. The first kappa shape index (κ1) is 15.1. The molecular formula is C16H22N4O2. The van der Waals surface area contributed by atoms with E-state index in [1.165, 1.54) is 0 Å². The van der Waals surface area contributed by atoms with Gasteiger partial charge in [0.05, 0.1) is 17.7 Å². The number of hydrogen-bond acceptors (Lipinski definition) is 6. The summed E-state index contributed by atoms with van der Waals surface area (Å²) in [5.74, 6) is 1.09. The van der Waals surface area contributed by atoms with E-state index in [9.17, 15) is 5.11 Å². The lowest BCUT2D eigenvalue weighted by Gasteiger charge is -2.48. The quantitative estimate of drug-likeness (QED) is 0.936. The van der Waals surface area contributed by atoms with Crippen molar-refractivity contribution in [3.05, 3.63) is 30.4 Å². The fourth-order valence-electron chi connectivity index (χ4n) is 2.77. The van der Waals surface area contributed by atoms with E-state index in [2.05, 4.69) is 33.9 Å². The summed E-state index contributed by atoms with van der Waals surface area (Å²) >= 11 is 0. The van der Waals surface area contributed by atoms with Crippen LogP contribution < -0.4 is 0 Å². The Hall–Kier alpha value is -1.79. The number of likely N-dealkylation sites (tertiary alicyclic amines) is 1. The minimum atomic E-state index is -0.640. The summed E-state index contributed by atoms with van der Waals surface area (Å²) in [6.45, 7) is 8.32. The van der Waals surface area contributed by atoms with Crippen LogP contribution in [0, 0.1) is 5.41 Å². The second-order valence-electron chi connectivity index (χ2n) is 6.86. The third kappa shape index (κ3) is 2.89. The summed E-state index contributed by atoms with van der Waals surface area (Å²) < 4.78 is 5.73. The Kier molecular flexibility index (Phi) is 3.74. The maximum Gasteiger partial charge on any atom is 0.249 e. The number of nitrogens with zero attached hydrogens (tertiary/aromatic N) is 4. The van der Waals surface area contributed by atoms with Crippen LogP contribution in [-0.4, -0.2) is 43.9 Å². The van der Waals surface area contributed by atoms with Gasteiger partial charge in [0, 0.05) is 30.9 Å². The molecule has 0 spiro atoms. The van der Waals surface area contributed by atoms with Crippen molar-refractivity contribution in [3.8, 4) is 11.5 Å². The van der Waals surface area contributed by atoms with Crippen LogP contribution in [0.25, 0.3) is 11.5 Å². The summed E-state index contributed by atoms with van der Waals surface area (Å²) in [7, 11) is 0. The van der Waals surface area contributed by atoms with Gasteiger partial charge >= 0.3 is 0 Å². The molecule has 1 atom stereocenters. The van der Waals surface area contributed by atoms with Crippen molar-refractivity contribution >= 4 is 0 Å². The van der Waals surface area contributed by atoms with E-state index in [0.717, 1.165) is 25.1 Å². The van der Waals surface area contributed by atoms with Crippen LogP contribution in [0.2, 0.25) is 0 Å². The van der Waals surface area contributed by atoms with Crippen molar-refractivity contribution in [2.45, 2.75) is 39.3 Å². The molecule has 0 bridgehead atoms. The second kappa shape index (κ2) is 5.44. The van der Waals surface area contributed by atoms with Gasteiger partial charge in [-0.25, -0.2) is 0 Å². The van der Waals surface area contributed by atoms with Gasteiger partial charge in [-0.15, -0.1) is 10.2 Å². The molecule has 0 aliphatic carbocycles. The minimum Gasteiger partial charge on any atom is -0.419 e. The molecule has 2 aromatic rings. The summed E-state index contributed by atoms with van der Waals surface area (Å²) in [5.41, 5.74) is 0.0135. The van der Waals surface area contributed by atoms with Crippen molar-refractivity contribution in [1.82, 2.24) is 20.1 Å². The fourth-order valence-corrected chi connectivity index (χ4v) is 2.77. The van der Waals surface area contributed by atoms with Gasteiger partial charge in [-0.05, 0) is 25.5 Å². The Morgan fingerprint density at radius 2 is 2.14 bits per heavy atom. The van der Waals surface area contributed by atoms with Crippen molar-refractivity contribution < 1.29 is 9.52 Å². The Morgan fingerprint density at radius 3 is 2.82 bits per heavy atom. The summed E-state index contributed by atoms with van der Waals surface area (Å²) in [6.07, 6.45) is 4.16. The van der Waals surface area contributed by atoms with Crippen LogP contribution in [0.3, 0.4) is 0 Å². The van der Waals surface area contributed by atoms with Gasteiger partial charge in [0.15, 0.2) is 0 Å². The van der Waals surface area contributed by atoms with Crippen molar-refractivity contribution in [3.63, 3.8) is 0 Å².